The zero-order valence-electron chi connectivity index (χ0n) is 10.5. The Balaban J connectivity index is 0.000000771. The highest BCUT2D eigenvalue weighted by Gasteiger charge is 2.28. The predicted octanol–water partition coefficient (Wildman–Crippen LogP) is 0.880. The van der Waals surface area contributed by atoms with Crippen LogP contribution < -0.4 is 10.0 Å². The first-order valence-corrected chi connectivity index (χ1v) is 7.43. The molecule has 1 amide bonds. The van der Waals surface area contributed by atoms with E-state index in [0.29, 0.717) is 13.0 Å². The lowest BCUT2D eigenvalue weighted by Gasteiger charge is -2.10. The molecule has 2 N–H and O–H groups in total. The van der Waals surface area contributed by atoms with E-state index in [4.69, 9.17) is 0 Å². The fraction of sp³-hybridized carbons (Fsp3) is 0.417. The fourth-order valence-corrected chi connectivity index (χ4v) is 2.81. The number of hydrogen-bond donors (Lipinski definition) is 2. The Labute approximate surface area is 108 Å². The first-order valence-electron chi connectivity index (χ1n) is 5.95. The van der Waals surface area contributed by atoms with E-state index in [1.54, 1.807) is 18.2 Å². The molecular weight excluding hydrogens is 252 g/mol. The van der Waals surface area contributed by atoms with E-state index in [0.717, 1.165) is 0 Å². The van der Waals surface area contributed by atoms with Crippen molar-refractivity contribution in [3.05, 3.63) is 30.3 Å². The van der Waals surface area contributed by atoms with Crippen LogP contribution in [0, 0.1) is 0 Å². The van der Waals surface area contributed by atoms with Crippen molar-refractivity contribution in [3.8, 4) is 0 Å². The van der Waals surface area contributed by atoms with Crippen LogP contribution in [0.5, 0.6) is 0 Å². The Kier molecular flexibility index (Phi) is 5.30. The van der Waals surface area contributed by atoms with Gasteiger partial charge >= 0.3 is 0 Å². The lowest BCUT2D eigenvalue weighted by Crippen LogP contribution is -2.40. The SMILES string of the molecule is CC.O=C1NCCC1NS(=O)(=O)c1ccccc1. The van der Waals surface area contributed by atoms with E-state index >= 15 is 0 Å². The molecule has 0 aliphatic carbocycles. The lowest BCUT2D eigenvalue weighted by molar-refractivity contribution is -0.120. The van der Waals surface area contributed by atoms with Crippen molar-refractivity contribution in [1.82, 2.24) is 10.0 Å². The minimum atomic E-state index is -3.59. The van der Waals surface area contributed by atoms with Gasteiger partial charge in [-0.3, -0.25) is 4.79 Å². The van der Waals surface area contributed by atoms with Crippen LogP contribution in [0.3, 0.4) is 0 Å². The average molecular weight is 270 g/mol. The Bertz CT molecular complexity index is 485. The van der Waals surface area contributed by atoms with Crippen LogP contribution in [-0.4, -0.2) is 26.9 Å². The summed E-state index contributed by atoms with van der Waals surface area (Å²) in [6, 6.07) is 7.36. The van der Waals surface area contributed by atoms with Crippen LogP contribution in [0.4, 0.5) is 0 Å². The molecule has 1 fully saturated rings. The largest absolute Gasteiger partial charge is 0.355 e. The number of carbonyl (C=O) groups is 1. The van der Waals surface area contributed by atoms with Crippen molar-refractivity contribution in [3.63, 3.8) is 0 Å². The third-order valence-electron chi connectivity index (χ3n) is 2.40. The first kappa shape index (κ1) is 14.7. The average Bonchev–Trinajstić information content (AvgIpc) is 2.78. The maximum absolute atomic E-state index is 11.8. The van der Waals surface area contributed by atoms with Crippen LogP contribution in [0.2, 0.25) is 0 Å². The molecule has 1 aliphatic heterocycles. The Morgan fingerprint density at radius 3 is 2.33 bits per heavy atom. The van der Waals surface area contributed by atoms with Gasteiger partial charge in [-0.15, -0.1) is 0 Å². The van der Waals surface area contributed by atoms with E-state index in [9.17, 15) is 13.2 Å². The smallest absolute Gasteiger partial charge is 0.241 e. The predicted molar refractivity (Wildman–Crippen MR) is 69.5 cm³/mol. The normalized spacial score (nSPS) is 18.8. The molecule has 0 saturated carbocycles. The number of amides is 1. The first-order chi connectivity index (χ1) is 8.59. The number of carbonyl (C=O) groups excluding carboxylic acids is 1. The third kappa shape index (κ3) is 3.54. The molecule has 1 aromatic carbocycles. The zero-order chi connectivity index (χ0) is 13.6. The second-order valence-corrected chi connectivity index (χ2v) is 5.28. The van der Waals surface area contributed by atoms with Crippen molar-refractivity contribution in [2.24, 2.45) is 0 Å². The van der Waals surface area contributed by atoms with Gasteiger partial charge in [0.1, 0.15) is 6.04 Å². The van der Waals surface area contributed by atoms with Crippen molar-refractivity contribution >= 4 is 15.9 Å². The van der Waals surface area contributed by atoms with Crippen LogP contribution in [0.25, 0.3) is 0 Å². The van der Waals surface area contributed by atoms with Crippen molar-refractivity contribution < 1.29 is 13.2 Å². The quantitative estimate of drug-likeness (QED) is 0.856. The van der Waals surface area contributed by atoms with Gasteiger partial charge in [-0.05, 0) is 18.6 Å². The minimum Gasteiger partial charge on any atom is -0.355 e. The van der Waals surface area contributed by atoms with Gasteiger partial charge in [0.2, 0.25) is 15.9 Å². The molecule has 0 spiro atoms. The minimum absolute atomic E-state index is 0.176. The molecule has 1 unspecified atom stereocenters. The van der Waals surface area contributed by atoms with E-state index in [1.807, 2.05) is 13.8 Å². The Morgan fingerprint density at radius 1 is 1.22 bits per heavy atom. The molecule has 1 atom stereocenters. The summed E-state index contributed by atoms with van der Waals surface area (Å²) >= 11 is 0. The summed E-state index contributed by atoms with van der Waals surface area (Å²) in [5.74, 6) is -0.264. The van der Waals surface area contributed by atoms with E-state index in [1.165, 1.54) is 12.1 Å². The summed E-state index contributed by atoms with van der Waals surface area (Å²) in [5.41, 5.74) is 0. The summed E-state index contributed by atoms with van der Waals surface area (Å²) < 4.78 is 26.1. The van der Waals surface area contributed by atoms with Crippen LogP contribution in [0.15, 0.2) is 35.2 Å². The topological polar surface area (TPSA) is 75.3 Å². The monoisotopic (exact) mass is 270 g/mol. The third-order valence-corrected chi connectivity index (χ3v) is 3.89. The molecule has 18 heavy (non-hydrogen) atoms. The molecule has 5 nitrogen and oxygen atoms in total. The molecule has 2 rings (SSSR count). The molecular formula is C12H18N2O3S. The highest BCUT2D eigenvalue weighted by atomic mass is 32.2. The number of benzene rings is 1. The molecule has 6 heteroatoms. The molecule has 1 heterocycles. The van der Waals surface area contributed by atoms with Crippen LogP contribution >= 0.6 is 0 Å². The molecule has 1 saturated heterocycles. The van der Waals surface area contributed by atoms with E-state index < -0.39 is 16.1 Å². The summed E-state index contributed by atoms with van der Waals surface area (Å²) in [4.78, 5) is 11.4. The second-order valence-electron chi connectivity index (χ2n) is 3.57. The van der Waals surface area contributed by atoms with Gasteiger partial charge in [-0.2, -0.15) is 4.72 Å². The maximum Gasteiger partial charge on any atom is 0.241 e. The Hall–Kier alpha value is -1.40. The molecule has 0 radical (unpaired) electrons. The van der Waals surface area contributed by atoms with Gasteiger partial charge in [0.25, 0.3) is 0 Å². The number of rotatable bonds is 3. The molecule has 0 bridgehead atoms. The van der Waals surface area contributed by atoms with Gasteiger partial charge in [0.15, 0.2) is 0 Å². The van der Waals surface area contributed by atoms with E-state index in [-0.39, 0.29) is 10.8 Å². The van der Waals surface area contributed by atoms with Gasteiger partial charge < -0.3 is 5.32 Å². The molecule has 100 valence electrons. The highest BCUT2D eigenvalue weighted by molar-refractivity contribution is 7.89. The van der Waals surface area contributed by atoms with Crippen LogP contribution in [0.1, 0.15) is 20.3 Å². The standard InChI is InChI=1S/C10H12N2O3S.C2H6/c13-10-9(6-7-11-10)12-16(14,15)8-4-2-1-3-5-8;1-2/h1-5,9,12H,6-7H2,(H,11,13);1-2H3. The maximum atomic E-state index is 11.8. The van der Waals surface area contributed by atoms with Crippen molar-refractivity contribution in [2.75, 3.05) is 6.54 Å². The van der Waals surface area contributed by atoms with Gasteiger partial charge in [-0.25, -0.2) is 8.42 Å². The van der Waals surface area contributed by atoms with E-state index in [2.05, 4.69) is 10.0 Å². The summed E-state index contributed by atoms with van der Waals surface area (Å²) in [7, 11) is -3.59. The van der Waals surface area contributed by atoms with Crippen molar-refractivity contribution in [1.29, 1.82) is 0 Å². The van der Waals surface area contributed by atoms with Crippen LogP contribution in [-0.2, 0) is 14.8 Å². The zero-order valence-corrected chi connectivity index (χ0v) is 11.3. The molecule has 1 aliphatic rings. The molecule has 1 aromatic rings. The summed E-state index contributed by atoms with van der Waals surface area (Å²) in [6.07, 6.45) is 0.491. The molecule has 0 aromatic heterocycles. The highest BCUT2D eigenvalue weighted by Crippen LogP contribution is 2.10. The second kappa shape index (κ2) is 6.51. The summed E-state index contributed by atoms with van der Waals surface area (Å²) in [6.45, 7) is 4.51. The lowest BCUT2D eigenvalue weighted by atomic mass is 10.3. The van der Waals surface area contributed by atoms with Gasteiger partial charge in [0.05, 0.1) is 4.90 Å². The number of sulfonamides is 1. The van der Waals surface area contributed by atoms with Gasteiger partial charge in [-0.1, -0.05) is 32.0 Å². The van der Waals surface area contributed by atoms with Crippen molar-refractivity contribution in [2.45, 2.75) is 31.2 Å². The number of hydrogen-bond acceptors (Lipinski definition) is 3. The Morgan fingerprint density at radius 2 is 1.83 bits per heavy atom. The van der Waals surface area contributed by atoms with Gasteiger partial charge in [0, 0.05) is 6.54 Å². The fourth-order valence-electron chi connectivity index (χ4n) is 1.56. The summed E-state index contributed by atoms with van der Waals surface area (Å²) in [5, 5.41) is 2.58. The number of nitrogens with one attached hydrogen (secondary N) is 2.